The number of carbonyl (C=O) groups excluding carboxylic acids is 1. The number of fused-ring (bicyclic) bond motifs is 1. The first-order valence-corrected chi connectivity index (χ1v) is 12.7. The van der Waals surface area contributed by atoms with Crippen LogP contribution in [0.4, 0.5) is 11.4 Å². The summed E-state index contributed by atoms with van der Waals surface area (Å²) in [6.07, 6.45) is 2.77. The molecular weight excluding hydrogens is 491 g/mol. The molecule has 0 bridgehead atoms. The fourth-order valence-electron chi connectivity index (χ4n) is 5.33. The van der Waals surface area contributed by atoms with Gasteiger partial charge in [0.1, 0.15) is 5.76 Å². The lowest BCUT2D eigenvalue weighted by Gasteiger charge is -2.36. The van der Waals surface area contributed by atoms with Gasteiger partial charge in [0.15, 0.2) is 5.78 Å². The summed E-state index contributed by atoms with van der Waals surface area (Å²) in [7, 11) is 0. The van der Waals surface area contributed by atoms with Gasteiger partial charge >= 0.3 is 0 Å². The van der Waals surface area contributed by atoms with Crippen LogP contribution in [0, 0.1) is 0 Å². The van der Waals surface area contributed by atoms with Gasteiger partial charge in [0, 0.05) is 40.2 Å². The quantitative estimate of drug-likeness (QED) is 0.298. The van der Waals surface area contributed by atoms with Gasteiger partial charge in [0.25, 0.3) is 0 Å². The third kappa shape index (κ3) is 4.32. The van der Waals surface area contributed by atoms with Crippen molar-refractivity contribution in [3.63, 3.8) is 0 Å². The summed E-state index contributed by atoms with van der Waals surface area (Å²) < 4.78 is 5.70. The standard InChI is InChI=1S/C30H24Cl2N2O2/c31-22-11-7-19(8-12-22)18-34-26-5-2-1-4-24(26)33-25-16-21(28-6-3-15-36-28)17-27(35)29(25)30(34)20-9-13-23(32)14-10-20/h1-15,21,30,33H,16-18H2/t21-,30+/m1/s1. The minimum absolute atomic E-state index is 0.000375. The summed E-state index contributed by atoms with van der Waals surface area (Å²) >= 11 is 12.4. The lowest BCUT2D eigenvalue weighted by atomic mass is 9.80. The number of anilines is 2. The number of ketones is 1. The first kappa shape index (κ1) is 23.0. The second kappa shape index (κ2) is 9.53. The summed E-state index contributed by atoms with van der Waals surface area (Å²) in [4.78, 5) is 16.2. The van der Waals surface area contributed by atoms with E-state index in [4.69, 9.17) is 27.6 Å². The largest absolute Gasteiger partial charge is 0.469 e. The van der Waals surface area contributed by atoms with E-state index in [1.54, 1.807) is 6.26 Å². The molecule has 1 aliphatic carbocycles. The van der Waals surface area contributed by atoms with Gasteiger partial charge in [-0.25, -0.2) is 0 Å². The molecule has 2 heterocycles. The average molecular weight is 515 g/mol. The van der Waals surface area contributed by atoms with E-state index in [2.05, 4.69) is 22.3 Å². The third-order valence-corrected chi connectivity index (χ3v) is 7.49. The van der Waals surface area contributed by atoms with Gasteiger partial charge in [0.05, 0.1) is 23.7 Å². The number of para-hydroxylation sites is 2. The lowest BCUT2D eigenvalue weighted by molar-refractivity contribution is -0.116. The zero-order valence-corrected chi connectivity index (χ0v) is 21.0. The molecular formula is C30H24Cl2N2O2. The smallest absolute Gasteiger partial charge is 0.163 e. The fourth-order valence-corrected chi connectivity index (χ4v) is 5.59. The number of halogens is 2. The van der Waals surface area contributed by atoms with E-state index in [-0.39, 0.29) is 17.7 Å². The van der Waals surface area contributed by atoms with Crippen LogP contribution in [-0.2, 0) is 11.3 Å². The van der Waals surface area contributed by atoms with Crippen LogP contribution in [0.1, 0.15) is 41.7 Å². The highest BCUT2D eigenvalue weighted by atomic mass is 35.5. The van der Waals surface area contributed by atoms with Gasteiger partial charge in [-0.15, -0.1) is 0 Å². The van der Waals surface area contributed by atoms with Crippen LogP contribution in [0.3, 0.4) is 0 Å². The monoisotopic (exact) mass is 514 g/mol. The first-order chi connectivity index (χ1) is 17.6. The maximum Gasteiger partial charge on any atom is 0.163 e. The Morgan fingerprint density at radius 2 is 1.58 bits per heavy atom. The molecule has 180 valence electrons. The highest BCUT2D eigenvalue weighted by Crippen LogP contribution is 2.48. The van der Waals surface area contributed by atoms with Crippen molar-refractivity contribution < 1.29 is 9.21 Å². The number of benzene rings is 3. The second-order valence-corrected chi connectivity index (χ2v) is 10.2. The first-order valence-electron chi connectivity index (χ1n) is 12.0. The molecule has 2 aliphatic rings. The lowest BCUT2D eigenvalue weighted by Crippen LogP contribution is -2.34. The Kier molecular flexibility index (Phi) is 6.08. The van der Waals surface area contributed by atoms with Gasteiger partial charge in [0.2, 0.25) is 0 Å². The Morgan fingerprint density at radius 1 is 0.861 bits per heavy atom. The molecule has 0 radical (unpaired) electrons. The molecule has 6 rings (SSSR count). The molecule has 6 heteroatoms. The summed E-state index contributed by atoms with van der Waals surface area (Å²) in [6.45, 7) is 0.606. The summed E-state index contributed by atoms with van der Waals surface area (Å²) in [5.41, 5.74) is 5.87. The van der Waals surface area contributed by atoms with Crippen LogP contribution in [0.2, 0.25) is 10.0 Å². The molecule has 0 saturated carbocycles. The van der Waals surface area contributed by atoms with E-state index in [1.165, 1.54) is 0 Å². The SMILES string of the molecule is O=C1C[C@H](c2ccco2)CC2=C1[C@H](c1ccc(Cl)cc1)N(Cc1ccc(Cl)cc1)c1ccccc1N2. The molecule has 1 aliphatic heterocycles. The van der Waals surface area contributed by atoms with E-state index < -0.39 is 0 Å². The molecule has 0 saturated heterocycles. The van der Waals surface area contributed by atoms with Gasteiger partial charge in [-0.1, -0.05) is 59.6 Å². The number of hydrogen-bond donors (Lipinski definition) is 1. The van der Waals surface area contributed by atoms with E-state index >= 15 is 0 Å². The van der Waals surface area contributed by atoms with Crippen molar-refractivity contribution >= 4 is 40.4 Å². The molecule has 0 fully saturated rings. The molecule has 0 spiro atoms. The Bertz CT molecular complexity index is 1430. The van der Waals surface area contributed by atoms with E-state index in [1.807, 2.05) is 72.8 Å². The van der Waals surface area contributed by atoms with Gasteiger partial charge < -0.3 is 14.6 Å². The number of allylic oxidation sites excluding steroid dienone is 1. The highest BCUT2D eigenvalue weighted by molar-refractivity contribution is 6.30. The molecule has 4 nitrogen and oxygen atoms in total. The Hall–Kier alpha value is -3.47. The van der Waals surface area contributed by atoms with E-state index in [0.29, 0.717) is 29.4 Å². The normalized spacial score (nSPS) is 19.4. The molecule has 3 aromatic carbocycles. The van der Waals surface area contributed by atoms with Crippen LogP contribution < -0.4 is 10.2 Å². The van der Waals surface area contributed by atoms with Crippen LogP contribution in [0.15, 0.2) is 107 Å². The predicted octanol–water partition coefficient (Wildman–Crippen LogP) is 8.16. The number of rotatable bonds is 4. The zero-order valence-electron chi connectivity index (χ0n) is 19.5. The van der Waals surface area contributed by atoms with Crippen LogP contribution >= 0.6 is 23.2 Å². The number of nitrogens with zero attached hydrogens (tertiary/aromatic N) is 1. The molecule has 4 aromatic rings. The topological polar surface area (TPSA) is 45.5 Å². The molecule has 2 atom stereocenters. The average Bonchev–Trinajstić information content (AvgIpc) is 3.38. The Labute approximate surface area is 220 Å². The van der Waals surface area contributed by atoms with Crippen LogP contribution in [-0.4, -0.2) is 5.78 Å². The maximum atomic E-state index is 13.9. The number of furan rings is 1. The highest BCUT2D eigenvalue weighted by Gasteiger charge is 2.40. The van der Waals surface area contributed by atoms with Crippen molar-refractivity contribution in [3.8, 4) is 0 Å². The van der Waals surface area contributed by atoms with Crippen LogP contribution in [0.5, 0.6) is 0 Å². The molecule has 36 heavy (non-hydrogen) atoms. The van der Waals surface area contributed by atoms with Crippen molar-refractivity contribution in [2.24, 2.45) is 0 Å². The van der Waals surface area contributed by atoms with Crippen molar-refractivity contribution in [2.75, 3.05) is 10.2 Å². The van der Waals surface area contributed by atoms with Crippen molar-refractivity contribution in [1.29, 1.82) is 0 Å². The number of carbonyl (C=O) groups is 1. The van der Waals surface area contributed by atoms with Gasteiger partial charge in [-0.2, -0.15) is 0 Å². The number of Topliss-reactive ketones (excluding diaryl/α,β-unsaturated/α-hetero) is 1. The summed E-state index contributed by atoms with van der Waals surface area (Å²) in [5, 5.41) is 5.01. The zero-order chi connectivity index (χ0) is 24.6. The van der Waals surface area contributed by atoms with Crippen molar-refractivity contribution in [2.45, 2.75) is 31.3 Å². The fraction of sp³-hybridized carbons (Fsp3) is 0.167. The van der Waals surface area contributed by atoms with Crippen LogP contribution in [0.25, 0.3) is 0 Å². The molecule has 0 amide bonds. The predicted molar refractivity (Wildman–Crippen MR) is 145 cm³/mol. The third-order valence-electron chi connectivity index (χ3n) is 6.99. The minimum atomic E-state index is -0.283. The van der Waals surface area contributed by atoms with E-state index in [9.17, 15) is 4.79 Å². The summed E-state index contributed by atoms with van der Waals surface area (Å²) in [5.74, 6) is 0.967. The molecule has 0 unspecified atom stereocenters. The Balaban J connectivity index is 1.53. The van der Waals surface area contributed by atoms with Crippen molar-refractivity contribution in [3.05, 3.63) is 129 Å². The molecule has 1 N–H and O–H groups in total. The Morgan fingerprint density at radius 3 is 2.31 bits per heavy atom. The van der Waals surface area contributed by atoms with E-state index in [0.717, 1.165) is 39.5 Å². The second-order valence-electron chi connectivity index (χ2n) is 9.29. The number of hydrogen-bond acceptors (Lipinski definition) is 4. The van der Waals surface area contributed by atoms with Crippen molar-refractivity contribution in [1.82, 2.24) is 0 Å². The molecule has 1 aromatic heterocycles. The summed E-state index contributed by atoms with van der Waals surface area (Å²) in [6, 6.07) is 27.5. The van der Waals surface area contributed by atoms with Gasteiger partial charge in [-0.05, 0) is 66.1 Å². The number of nitrogens with one attached hydrogen (secondary N) is 1. The minimum Gasteiger partial charge on any atom is -0.469 e. The van der Waals surface area contributed by atoms with Gasteiger partial charge in [-0.3, -0.25) is 4.79 Å². The maximum absolute atomic E-state index is 13.9.